The molecule has 0 heterocycles. The minimum atomic E-state index is -1.70. The Morgan fingerprint density at radius 2 is 1.50 bits per heavy atom. The van der Waals surface area contributed by atoms with E-state index in [1.807, 2.05) is 24.3 Å². The molecule has 0 N–H and O–H groups in total. The molecule has 106 valence electrons. The van der Waals surface area contributed by atoms with Gasteiger partial charge in [0.05, 0.1) is 0 Å². The van der Waals surface area contributed by atoms with Crippen molar-refractivity contribution in [1.29, 1.82) is 0 Å². The summed E-state index contributed by atoms with van der Waals surface area (Å²) in [6.45, 7) is 0. The van der Waals surface area contributed by atoms with Gasteiger partial charge in [-0.05, 0) is 108 Å². The van der Waals surface area contributed by atoms with Crippen LogP contribution in [0.3, 0.4) is 0 Å². The van der Waals surface area contributed by atoms with E-state index in [9.17, 15) is 4.57 Å². The first-order chi connectivity index (χ1) is 9.62. The van der Waals surface area contributed by atoms with Crippen LogP contribution in [0.4, 0.5) is 0 Å². The lowest BCUT2D eigenvalue weighted by atomic mass is 9.54. The largest absolute Gasteiger partial charge is 0.549 e. The Labute approximate surface area is 134 Å². The predicted molar refractivity (Wildman–Crippen MR) is 88.4 cm³/mol. The fourth-order valence-corrected chi connectivity index (χ4v) is 6.37. The van der Waals surface area contributed by atoms with Crippen molar-refractivity contribution in [3.63, 3.8) is 0 Å². The van der Waals surface area contributed by atoms with Crippen LogP contribution in [0.1, 0.15) is 38.5 Å². The lowest BCUT2D eigenvalue weighted by molar-refractivity contribution is -0.103. The van der Waals surface area contributed by atoms with Crippen molar-refractivity contribution < 1.29 is 9.09 Å². The molecular formula is C16H19IO2P+. The number of hydrogen-bond acceptors (Lipinski definition) is 2. The summed E-state index contributed by atoms with van der Waals surface area (Å²) in [6, 6.07) is 7.90. The second kappa shape index (κ2) is 5.03. The normalized spacial score (nSPS) is 39.0. The van der Waals surface area contributed by atoms with E-state index in [0.29, 0.717) is 0 Å². The van der Waals surface area contributed by atoms with Crippen molar-refractivity contribution in [2.75, 3.05) is 0 Å². The molecule has 1 unspecified atom stereocenters. The van der Waals surface area contributed by atoms with Gasteiger partial charge in [0.25, 0.3) is 0 Å². The Morgan fingerprint density at radius 3 is 2.00 bits per heavy atom. The molecule has 4 fully saturated rings. The van der Waals surface area contributed by atoms with Gasteiger partial charge in [-0.15, -0.1) is 4.52 Å². The lowest BCUT2D eigenvalue weighted by Gasteiger charge is -2.53. The fourth-order valence-electron chi connectivity index (χ4n) is 4.93. The Balaban J connectivity index is 1.53. The summed E-state index contributed by atoms with van der Waals surface area (Å²) in [5, 5.41) is 0.844. The van der Waals surface area contributed by atoms with E-state index in [2.05, 4.69) is 22.6 Å². The first kappa shape index (κ1) is 13.7. The van der Waals surface area contributed by atoms with Crippen molar-refractivity contribution >= 4 is 35.9 Å². The highest BCUT2D eigenvalue weighted by Crippen LogP contribution is 2.59. The Kier molecular flexibility index (Phi) is 3.44. The summed E-state index contributed by atoms with van der Waals surface area (Å²) >= 11 is 2.27. The molecule has 2 nitrogen and oxygen atoms in total. The van der Waals surface area contributed by atoms with Crippen LogP contribution >= 0.6 is 30.6 Å². The molecule has 0 radical (unpaired) electrons. The van der Waals surface area contributed by atoms with E-state index in [1.165, 1.54) is 22.8 Å². The molecule has 1 aromatic rings. The van der Waals surface area contributed by atoms with Crippen molar-refractivity contribution in [3.8, 4) is 0 Å². The zero-order chi connectivity index (χ0) is 13.7. The average molecular weight is 401 g/mol. The van der Waals surface area contributed by atoms with Gasteiger partial charge in [-0.25, -0.2) is 0 Å². The van der Waals surface area contributed by atoms with Gasteiger partial charge in [0, 0.05) is 3.57 Å². The molecule has 4 saturated carbocycles. The number of hydrogen-bond donors (Lipinski definition) is 0. The van der Waals surface area contributed by atoms with Crippen molar-refractivity contribution in [2.24, 2.45) is 17.8 Å². The van der Waals surface area contributed by atoms with Gasteiger partial charge in [-0.3, -0.25) is 0 Å². The molecule has 0 aromatic heterocycles. The van der Waals surface area contributed by atoms with Gasteiger partial charge < -0.3 is 0 Å². The molecule has 5 rings (SSSR count). The van der Waals surface area contributed by atoms with Gasteiger partial charge >= 0.3 is 8.03 Å². The van der Waals surface area contributed by atoms with Crippen LogP contribution in [0.25, 0.3) is 0 Å². The van der Waals surface area contributed by atoms with Crippen LogP contribution in [0.2, 0.25) is 0 Å². The highest BCUT2D eigenvalue weighted by Gasteiger charge is 2.55. The van der Waals surface area contributed by atoms with E-state index in [0.717, 1.165) is 42.3 Å². The van der Waals surface area contributed by atoms with Crippen LogP contribution in [0.5, 0.6) is 0 Å². The third-order valence-electron chi connectivity index (χ3n) is 5.30. The van der Waals surface area contributed by atoms with Crippen LogP contribution in [0, 0.1) is 21.3 Å². The molecule has 0 spiro atoms. The highest BCUT2D eigenvalue weighted by molar-refractivity contribution is 14.1. The fraction of sp³-hybridized carbons (Fsp3) is 0.625. The SMILES string of the molecule is O=[P+](OC12CC3CC(CC(C3)C1)C2)c1ccc(I)cc1. The minimum Gasteiger partial charge on any atom is -0.135 e. The molecule has 4 aliphatic rings. The molecule has 1 atom stereocenters. The van der Waals surface area contributed by atoms with Crippen molar-refractivity contribution in [3.05, 3.63) is 27.8 Å². The topological polar surface area (TPSA) is 26.3 Å². The van der Waals surface area contributed by atoms with E-state index in [1.54, 1.807) is 0 Å². The summed E-state index contributed by atoms with van der Waals surface area (Å²) in [7, 11) is -1.70. The zero-order valence-corrected chi connectivity index (χ0v) is 14.5. The number of halogens is 1. The maximum absolute atomic E-state index is 12.6. The predicted octanol–water partition coefficient (Wildman–Crippen LogP) is 4.64. The maximum atomic E-state index is 12.6. The van der Waals surface area contributed by atoms with Gasteiger partial charge in [-0.2, -0.15) is 0 Å². The second-order valence-corrected chi connectivity index (χ2v) is 9.38. The zero-order valence-electron chi connectivity index (χ0n) is 11.4. The molecule has 1 aromatic carbocycles. The van der Waals surface area contributed by atoms with Crippen LogP contribution in [-0.4, -0.2) is 5.60 Å². The summed E-state index contributed by atoms with van der Waals surface area (Å²) in [4.78, 5) is 0. The van der Waals surface area contributed by atoms with Crippen molar-refractivity contribution in [1.82, 2.24) is 0 Å². The standard InChI is InChI=1S/C16H19IO2P/c17-14-1-3-15(4-2-14)20(18)19-16-8-11-5-12(9-16)7-13(6-11)10-16/h1-4,11-13H,5-10H2/q+1. The monoisotopic (exact) mass is 401 g/mol. The summed E-state index contributed by atoms with van der Waals surface area (Å²) in [5.74, 6) is 2.50. The van der Waals surface area contributed by atoms with E-state index in [4.69, 9.17) is 4.52 Å². The van der Waals surface area contributed by atoms with Gasteiger partial charge in [0.15, 0.2) is 0 Å². The van der Waals surface area contributed by atoms with E-state index < -0.39 is 8.03 Å². The van der Waals surface area contributed by atoms with Gasteiger partial charge in [-0.1, -0.05) is 0 Å². The summed E-state index contributed by atoms with van der Waals surface area (Å²) in [6.07, 6.45) is 7.61. The summed E-state index contributed by atoms with van der Waals surface area (Å²) in [5.41, 5.74) is -0.0643. The van der Waals surface area contributed by atoms with Crippen LogP contribution < -0.4 is 5.30 Å². The summed E-state index contributed by atoms with van der Waals surface area (Å²) < 4.78 is 19.9. The van der Waals surface area contributed by atoms with Crippen LogP contribution in [-0.2, 0) is 9.09 Å². The number of rotatable bonds is 3. The quantitative estimate of drug-likeness (QED) is 0.545. The minimum absolute atomic E-state index is 0.0643. The third kappa shape index (κ3) is 2.46. The molecule has 0 aliphatic heterocycles. The Bertz CT molecular complexity index is 505. The van der Waals surface area contributed by atoms with Crippen LogP contribution in [0.15, 0.2) is 24.3 Å². The first-order valence-electron chi connectivity index (χ1n) is 7.54. The molecule has 4 heteroatoms. The van der Waals surface area contributed by atoms with Gasteiger partial charge in [0.2, 0.25) is 5.30 Å². The molecule has 20 heavy (non-hydrogen) atoms. The Hall–Kier alpha value is 0.01000. The van der Waals surface area contributed by atoms with Crippen molar-refractivity contribution in [2.45, 2.75) is 44.1 Å². The lowest BCUT2D eigenvalue weighted by Crippen LogP contribution is -2.51. The molecule has 4 bridgehead atoms. The van der Waals surface area contributed by atoms with Gasteiger partial charge in [0.1, 0.15) is 5.60 Å². The smallest absolute Gasteiger partial charge is 0.135 e. The maximum Gasteiger partial charge on any atom is 0.549 e. The average Bonchev–Trinajstić information content (AvgIpc) is 2.37. The Morgan fingerprint density at radius 1 is 1.00 bits per heavy atom. The molecular weight excluding hydrogens is 382 g/mol. The van der Waals surface area contributed by atoms with E-state index in [-0.39, 0.29) is 5.60 Å². The van der Waals surface area contributed by atoms with E-state index >= 15 is 0 Å². The highest BCUT2D eigenvalue weighted by atomic mass is 127. The number of benzene rings is 1. The first-order valence-corrected chi connectivity index (χ1v) is 9.79. The molecule has 0 saturated heterocycles. The molecule has 4 aliphatic carbocycles. The molecule has 0 amide bonds. The third-order valence-corrected chi connectivity index (χ3v) is 7.29. The second-order valence-electron chi connectivity index (χ2n) is 6.93.